The van der Waals surface area contributed by atoms with E-state index in [4.69, 9.17) is 27.9 Å². The molecule has 2 nitrogen and oxygen atoms in total. The van der Waals surface area contributed by atoms with Crippen molar-refractivity contribution in [2.75, 3.05) is 0 Å². The van der Waals surface area contributed by atoms with E-state index in [-0.39, 0.29) is 10.8 Å². The third kappa shape index (κ3) is 7.43. The number of benzene rings is 3. The van der Waals surface area contributed by atoms with Crippen molar-refractivity contribution in [3.63, 3.8) is 0 Å². The number of aliphatic imine (C=N–C) groups is 1. The summed E-state index contributed by atoms with van der Waals surface area (Å²) in [4.78, 5) is 4.69. The Bertz CT molecular complexity index is 1110. The third-order valence-corrected chi connectivity index (χ3v) is 5.10. The van der Waals surface area contributed by atoms with Gasteiger partial charge in [0.05, 0.1) is 0 Å². The Hall–Kier alpha value is -1.16. The molecule has 0 aromatic heterocycles. The number of halogens is 3. The summed E-state index contributed by atoms with van der Waals surface area (Å²) in [5.74, 6) is 0.302. The van der Waals surface area contributed by atoms with Crippen molar-refractivity contribution in [1.29, 1.82) is 0 Å². The number of hydrogen-bond donors (Lipinski definition) is 1. The van der Waals surface area contributed by atoms with E-state index in [0.29, 0.717) is 5.75 Å². The van der Waals surface area contributed by atoms with Gasteiger partial charge in [0, 0.05) is 17.3 Å². The molecule has 0 unspecified atom stereocenters. The molecule has 0 fully saturated rings. The van der Waals surface area contributed by atoms with Gasteiger partial charge in [0.25, 0.3) is 0 Å². The molecule has 0 radical (unpaired) electrons. The number of hydrogen-bond acceptors (Lipinski definition) is 2. The normalized spacial score (nSPS) is 12.0. The van der Waals surface area contributed by atoms with Gasteiger partial charge in [0.1, 0.15) is 5.75 Å². The first-order chi connectivity index (χ1) is 14.7. The van der Waals surface area contributed by atoms with E-state index in [2.05, 4.69) is 71.7 Å². The fourth-order valence-electron chi connectivity index (χ4n) is 3.29. The molecular formula is C26H30Cl3NOTi. The SMILES string of the molecule is [CH2-]c1cc2ccccc2cc1N=Cc1cc(C(C)(C)C)cc(C(C)(C)C)c1O.[Cl][Ti+]([Cl])[Cl]. The first-order valence-corrected chi connectivity index (χ1v) is 16.7. The first-order valence-electron chi connectivity index (χ1n) is 10.3. The van der Waals surface area contributed by atoms with E-state index in [0.717, 1.165) is 33.2 Å². The Balaban J connectivity index is 0.000000837. The van der Waals surface area contributed by atoms with Crippen LogP contribution in [0.2, 0.25) is 0 Å². The van der Waals surface area contributed by atoms with Gasteiger partial charge in [-0.25, -0.2) is 0 Å². The summed E-state index contributed by atoms with van der Waals surface area (Å²) in [7, 11) is 14.9. The van der Waals surface area contributed by atoms with Crippen LogP contribution in [-0.2, 0) is 25.5 Å². The van der Waals surface area contributed by atoms with Gasteiger partial charge < -0.3 is 10.1 Å². The second-order valence-electron chi connectivity index (χ2n) is 9.76. The summed E-state index contributed by atoms with van der Waals surface area (Å²) < 4.78 is 0. The predicted molar refractivity (Wildman–Crippen MR) is 139 cm³/mol. The first kappa shape index (κ1) is 27.1. The third-order valence-electron chi connectivity index (χ3n) is 5.10. The standard InChI is InChI=1S/C26H30NO.3ClH.Ti/c1-17-12-18-10-8-9-11-19(18)14-23(17)27-16-20-13-21(25(2,3)4)15-22(24(20)28)26(5,6)7;;;;/h8-16,28H,1H2,2-7H3;3*1H;/q-1;;;;+4/p-3. The van der Waals surface area contributed by atoms with Crippen LogP contribution in [0.15, 0.2) is 53.5 Å². The average Bonchev–Trinajstić information content (AvgIpc) is 2.65. The van der Waals surface area contributed by atoms with E-state index < -0.39 is 14.7 Å². The van der Waals surface area contributed by atoms with Gasteiger partial charge >= 0.3 is 42.6 Å². The Morgan fingerprint density at radius 3 is 1.91 bits per heavy atom. The number of phenols is 1. The minimum absolute atomic E-state index is 0.0172. The van der Waals surface area contributed by atoms with Crippen LogP contribution in [0.1, 0.15) is 63.8 Å². The molecule has 1 N–H and O–H groups in total. The zero-order valence-corrected chi connectivity index (χ0v) is 23.3. The molecular weight excluding hydrogens is 497 g/mol. The number of nitrogens with zero attached hydrogens (tertiary/aromatic N) is 1. The van der Waals surface area contributed by atoms with Crippen LogP contribution in [0.5, 0.6) is 5.75 Å². The van der Waals surface area contributed by atoms with Gasteiger partial charge in [-0.1, -0.05) is 83.3 Å². The van der Waals surface area contributed by atoms with Gasteiger partial charge in [-0.05, 0) is 33.5 Å². The molecule has 0 heterocycles. The predicted octanol–water partition coefficient (Wildman–Crippen LogP) is 9.14. The van der Waals surface area contributed by atoms with E-state index in [1.165, 1.54) is 5.56 Å². The van der Waals surface area contributed by atoms with E-state index in [1.54, 1.807) is 6.21 Å². The van der Waals surface area contributed by atoms with Crippen LogP contribution >= 0.6 is 27.9 Å². The molecule has 6 heteroatoms. The molecule has 0 saturated carbocycles. The van der Waals surface area contributed by atoms with Crippen molar-refractivity contribution in [3.05, 3.63) is 77.7 Å². The van der Waals surface area contributed by atoms with Crippen LogP contribution in [0.25, 0.3) is 10.8 Å². The van der Waals surface area contributed by atoms with Crippen molar-refractivity contribution >= 4 is 50.6 Å². The summed E-state index contributed by atoms with van der Waals surface area (Å²) in [6.07, 6.45) is 1.76. The van der Waals surface area contributed by atoms with Crippen molar-refractivity contribution in [2.24, 2.45) is 4.99 Å². The van der Waals surface area contributed by atoms with Gasteiger partial charge in [0.15, 0.2) is 0 Å². The van der Waals surface area contributed by atoms with Crippen molar-refractivity contribution < 1.29 is 19.8 Å². The molecule has 32 heavy (non-hydrogen) atoms. The van der Waals surface area contributed by atoms with Gasteiger partial charge in [-0.15, -0.1) is 0 Å². The number of rotatable bonds is 2. The molecule has 170 valence electrons. The van der Waals surface area contributed by atoms with Crippen molar-refractivity contribution in [1.82, 2.24) is 0 Å². The van der Waals surface area contributed by atoms with Crippen LogP contribution in [0, 0.1) is 6.92 Å². The van der Waals surface area contributed by atoms with E-state index in [1.807, 2.05) is 30.3 Å². The summed E-state index contributed by atoms with van der Waals surface area (Å²) in [6.45, 7) is 17.1. The van der Waals surface area contributed by atoms with Crippen molar-refractivity contribution in [3.8, 4) is 5.75 Å². The fraction of sp³-hybridized carbons (Fsp3) is 0.308. The second-order valence-corrected chi connectivity index (χ2v) is 17.5. The second kappa shape index (κ2) is 10.8. The topological polar surface area (TPSA) is 32.6 Å². The fourth-order valence-corrected chi connectivity index (χ4v) is 3.29. The Labute approximate surface area is 210 Å². The van der Waals surface area contributed by atoms with Crippen molar-refractivity contribution in [2.45, 2.75) is 52.4 Å². The summed E-state index contributed by atoms with van der Waals surface area (Å²) in [5.41, 5.74) is 4.38. The van der Waals surface area contributed by atoms with Gasteiger partial charge in [0.2, 0.25) is 0 Å². The Morgan fingerprint density at radius 1 is 0.875 bits per heavy atom. The zero-order valence-electron chi connectivity index (χ0n) is 19.4. The van der Waals surface area contributed by atoms with Gasteiger partial charge in [-0.3, -0.25) is 0 Å². The minimum atomic E-state index is -1.92. The number of fused-ring (bicyclic) bond motifs is 1. The summed E-state index contributed by atoms with van der Waals surface area (Å²) >= 11 is -1.92. The summed E-state index contributed by atoms with van der Waals surface area (Å²) in [6, 6.07) is 16.4. The molecule has 0 spiro atoms. The molecule has 3 aromatic carbocycles. The molecule has 3 rings (SSSR count). The molecule has 0 aliphatic carbocycles. The Kier molecular flexibility index (Phi) is 9.18. The average molecular weight is 527 g/mol. The Morgan fingerprint density at radius 2 is 1.41 bits per heavy atom. The molecule has 0 saturated heterocycles. The molecule has 0 aliphatic rings. The van der Waals surface area contributed by atoms with Crippen LogP contribution in [-0.4, -0.2) is 11.3 Å². The number of phenolic OH excluding ortho intramolecular Hbond substituents is 1. The van der Waals surface area contributed by atoms with E-state index >= 15 is 0 Å². The number of aromatic hydroxyl groups is 1. The zero-order chi connectivity index (χ0) is 24.3. The van der Waals surface area contributed by atoms with Crippen LogP contribution in [0.4, 0.5) is 5.69 Å². The van der Waals surface area contributed by atoms with E-state index in [9.17, 15) is 5.11 Å². The molecule has 0 aliphatic heterocycles. The molecule has 3 aromatic rings. The van der Waals surface area contributed by atoms with Gasteiger partial charge in [-0.2, -0.15) is 18.6 Å². The quantitative estimate of drug-likeness (QED) is 0.202. The molecule has 0 amide bonds. The summed E-state index contributed by atoms with van der Waals surface area (Å²) in [5, 5.41) is 13.2. The molecule has 0 bridgehead atoms. The maximum absolute atomic E-state index is 10.9. The van der Waals surface area contributed by atoms with Crippen LogP contribution < -0.4 is 0 Å². The van der Waals surface area contributed by atoms with Crippen LogP contribution in [0.3, 0.4) is 0 Å². The maximum atomic E-state index is 10.9. The molecule has 0 atom stereocenters. The monoisotopic (exact) mass is 525 g/mol.